The number of ether oxygens (including phenoxy) is 1. The highest BCUT2D eigenvalue weighted by Crippen LogP contribution is 2.35. The van der Waals surface area contributed by atoms with E-state index in [0.717, 1.165) is 44.8 Å². The molecule has 3 atom stereocenters. The van der Waals surface area contributed by atoms with Crippen molar-refractivity contribution in [3.63, 3.8) is 0 Å². The van der Waals surface area contributed by atoms with E-state index in [-0.39, 0.29) is 19.3 Å². The van der Waals surface area contributed by atoms with E-state index in [1.54, 1.807) is 6.08 Å². The predicted octanol–water partition coefficient (Wildman–Crippen LogP) is 1.95. The van der Waals surface area contributed by atoms with E-state index >= 15 is 0 Å². The van der Waals surface area contributed by atoms with Gasteiger partial charge >= 0.3 is 0 Å². The average Bonchev–Trinajstić information content (AvgIpc) is 3.57. The average molecular weight is 428 g/mol. The standard InChI is InChI=1S/C26H26N4O2/c1-3-26-15-23-9-8-21(29-23)13-19-5-4-18(27-19)12-20-6-7-22(28-20)14-25(30-26)24(16-26)17(2)32-11-10-31/h3-9,12-15,17,27,30-31H,1,10-11,16H2,2H3/i16D. The van der Waals surface area contributed by atoms with Crippen LogP contribution in [0.4, 0.5) is 0 Å². The normalized spacial score (nSPS) is 26.9. The molecule has 0 aromatic carbocycles. The van der Waals surface area contributed by atoms with Gasteiger partial charge in [0.05, 0.1) is 47.7 Å². The third kappa shape index (κ3) is 4.02. The van der Waals surface area contributed by atoms with E-state index in [1.807, 2.05) is 67.7 Å². The SMILES string of the molecule is [2H]C1C(C(C)OCCO)=C2C=C3C=CC(=N3)C=c3ccc([nH]3)=CC3=NC(=CC1(C=C)N2)C=C3. The molecule has 3 N–H and O–H groups in total. The maximum Gasteiger partial charge on any atom is 0.0800 e. The van der Waals surface area contributed by atoms with Crippen molar-refractivity contribution in [2.75, 3.05) is 13.2 Å². The van der Waals surface area contributed by atoms with Crippen LogP contribution in [-0.2, 0) is 4.74 Å². The number of hydrogen-bond donors (Lipinski definition) is 3. The summed E-state index contributed by atoms with van der Waals surface area (Å²) in [6, 6.07) is 4.02. The van der Waals surface area contributed by atoms with E-state index in [0.29, 0.717) is 0 Å². The molecular weight excluding hydrogens is 400 g/mol. The summed E-state index contributed by atoms with van der Waals surface area (Å²) in [5.74, 6) is 0. The van der Waals surface area contributed by atoms with Gasteiger partial charge in [0.2, 0.25) is 0 Å². The van der Waals surface area contributed by atoms with E-state index in [1.165, 1.54) is 0 Å². The van der Waals surface area contributed by atoms with Crippen molar-refractivity contribution in [1.82, 2.24) is 10.3 Å². The van der Waals surface area contributed by atoms with E-state index in [9.17, 15) is 5.11 Å². The van der Waals surface area contributed by atoms with Gasteiger partial charge in [-0.3, -0.25) is 0 Å². The molecule has 1 aromatic heterocycles. The molecule has 0 fully saturated rings. The van der Waals surface area contributed by atoms with Crippen LogP contribution in [0, 0.1) is 0 Å². The van der Waals surface area contributed by atoms with Crippen molar-refractivity contribution in [3.05, 3.63) is 94.6 Å². The lowest BCUT2D eigenvalue weighted by Gasteiger charge is -2.24. The van der Waals surface area contributed by atoms with Crippen molar-refractivity contribution in [2.45, 2.75) is 25.0 Å². The van der Waals surface area contributed by atoms with Gasteiger partial charge in [-0.1, -0.05) is 6.08 Å². The Morgan fingerprint density at radius 1 is 1.16 bits per heavy atom. The molecule has 0 spiro atoms. The van der Waals surface area contributed by atoms with Crippen molar-refractivity contribution >= 4 is 23.6 Å². The van der Waals surface area contributed by atoms with Crippen LogP contribution < -0.4 is 16.0 Å². The summed E-state index contributed by atoms with van der Waals surface area (Å²) in [5.41, 5.74) is 3.89. The Kier molecular flexibility index (Phi) is 4.94. The van der Waals surface area contributed by atoms with Crippen molar-refractivity contribution in [3.8, 4) is 0 Å². The molecule has 0 saturated heterocycles. The largest absolute Gasteiger partial charge is 0.394 e. The summed E-state index contributed by atoms with van der Waals surface area (Å²) >= 11 is 0. The van der Waals surface area contributed by atoms with Gasteiger partial charge < -0.3 is 20.1 Å². The number of allylic oxidation sites excluding steroid dienone is 5. The number of H-pyrrole nitrogens is 1. The minimum Gasteiger partial charge on any atom is -0.394 e. The predicted molar refractivity (Wildman–Crippen MR) is 128 cm³/mol. The Morgan fingerprint density at radius 2 is 1.84 bits per heavy atom. The lowest BCUT2D eigenvalue weighted by molar-refractivity contribution is 0.0565. The van der Waals surface area contributed by atoms with Crippen molar-refractivity contribution in [1.29, 1.82) is 0 Å². The van der Waals surface area contributed by atoms with Crippen molar-refractivity contribution in [2.24, 2.45) is 9.98 Å². The number of rotatable bonds is 5. The molecule has 162 valence electrons. The number of fused-ring (bicyclic) bond motifs is 6. The second-order valence-corrected chi connectivity index (χ2v) is 8.05. The maximum atomic E-state index is 9.23. The van der Waals surface area contributed by atoms with Gasteiger partial charge in [-0.2, -0.15) is 0 Å². The summed E-state index contributed by atoms with van der Waals surface area (Å²) < 4.78 is 14.9. The number of hydrogen-bond acceptors (Lipinski definition) is 5. The smallest absolute Gasteiger partial charge is 0.0800 e. The van der Waals surface area contributed by atoms with Gasteiger partial charge in [0.15, 0.2) is 0 Å². The fraction of sp³-hybridized carbons (Fsp3) is 0.231. The fourth-order valence-electron chi connectivity index (χ4n) is 4.12. The van der Waals surface area contributed by atoms with E-state index in [4.69, 9.17) is 16.1 Å². The van der Waals surface area contributed by atoms with Gasteiger partial charge in [0.1, 0.15) is 0 Å². The van der Waals surface area contributed by atoms with Crippen LogP contribution in [0.25, 0.3) is 12.2 Å². The zero-order valence-corrected chi connectivity index (χ0v) is 17.9. The number of aliphatic hydroxyl groups excluding tert-OH is 1. The molecule has 6 heteroatoms. The molecule has 5 rings (SSSR count). The summed E-state index contributed by atoms with van der Waals surface area (Å²) in [7, 11) is 0. The lowest BCUT2D eigenvalue weighted by atomic mass is 9.91. The molecule has 6 nitrogen and oxygen atoms in total. The maximum absolute atomic E-state index is 9.23. The second kappa shape index (κ2) is 8.22. The molecule has 4 aliphatic rings. The highest BCUT2D eigenvalue weighted by atomic mass is 16.5. The number of aliphatic hydroxyl groups is 1. The van der Waals surface area contributed by atoms with Crippen LogP contribution in [0.15, 0.2) is 93.9 Å². The third-order valence-electron chi connectivity index (χ3n) is 5.67. The molecule has 32 heavy (non-hydrogen) atoms. The quantitative estimate of drug-likeness (QED) is 0.629. The van der Waals surface area contributed by atoms with Gasteiger partial charge in [-0.25, -0.2) is 9.98 Å². The van der Waals surface area contributed by atoms with Crippen LogP contribution in [0.1, 0.15) is 14.7 Å². The molecule has 0 amide bonds. The first-order chi connectivity index (χ1) is 16.0. The summed E-state index contributed by atoms with van der Waals surface area (Å²) in [4.78, 5) is 12.8. The van der Waals surface area contributed by atoms with Crippen molar-refractivity contribution < 1.29 is 11.2 Å². The first-order valence-electron chi connectivity index (χ1n) is 11.2. The second-order valence-electron chi connectivity index (χ2n) is 8.05. The number of aliphatic imine (C=N–C) groups is 2. The van der Waals surface area contributed by atoms with Gasteiger partial charge in [-0.05, 0) is 73.2 Å². The molecular formula is C26H26N4O2. The van der Waals surface area contributed by atoms with Crippen LogP contribution in [0.2, 0.25) is 0 Å². The molecule has 4 aliphatic heterocycles. The molecule has 0 aliphatic carbocycles. The first kappa shape index (κ1) is 19.2. The van der Waals surface area contributed by atoms with Gasteiger partial charge in [0.25, 0.3) is 0 Å². The minimum atomic E-state index is -0.866. The summed E-state index contributed by atoms with van der Waals surface area (Å²) in [5, 5.41) is 14.6. The Hall–Kier alpha value is -3.48. The topological polar surface area (TPSA) is 82.0 Å². The van der Waals surface area contributed by atoms with Crippen LogP contribution in [-0.4, -0.2) is 46.4 Å². The minimum absolute atomic E-state index is 0.0773. The molecule has 5 heterocycles. The molecule has 1 aromatic rings. The highest BCUT2D eigenvalue weighted by molar-refractivity contribution is 6.20. The third-order valence-corrected chi connectivity index (χ3v) is 5.67. The Labute approximate surface area is 188 Å². The fourth-order valence-corrected chi connectivity index (χ4v) is 4.12. The monoisotopic (exact) mass is 427 g/mol. The van der Waals surface area contributed by atoms with E-state index < -0.39 is 11.9 Å². The molecule has 0 saturated carbocycles. The number of aromatic amines is 1. The zero-order chi connectivity index (χ0) is 23.0. The number of nitrogens with one attached hydrogen (secondary N) is 2. The molecule has 3 unspecified atom stereocenters. The van der Waals surface area contributed by atoms with Crippen LogP contribution in [0.5, 0.6) is 0 Å². The molecule has 8 bridgehead atoms. The molecule has 0 radical (unpaired) electrons. The highest BCUT2D eigenvalue weighted by Gasteiger charge is 2.36. The van der Waals surface area contributed by atoms with Gasteiger partial charge in [-0.15, -0.1) is 6.58 Å². The van der Waals surface area contributed by atoms with Crippen LogP contribution >= 0.6 is 0 Å². The Balaban J connectivity index is 1.69. The number of nitrogens with zero attached hydrogens (tertiary/aromatic N) is 2. The zero-order valence-electron chi connectivity index (χ0n) is 18.9. The number of aromatic nitrogens is 1. The van der Waals surface area contributed by atoms with E-state index in [2.05, 4.69) is 16.9 Å². The van der Waals surface area contributed by atoms with Crippen LogP contribution in [0.3, 0.4) is 0 Å². The summed E-state index contributed by atoms with van der Waals surface area (Å²) in [6.07, 6.45) is 16.4. The van der Waals surface area contributed by atoms with Gasteiger partial charge in [0, 0.05) is 24.2 Å². The first-order valence-corrected chi connectivity index (χ1v) is 10.7. The lowest BCUT2D eigenvalue weighted by Crippen LogP contribution is -2.36. The Morgan fingerprint density at radius 3 is 2.53 bits per heavy atom. The Bertz CT molecular complexity index is 1340. The summed E-state index contributed by atoms with van der Waals surface area (Å²) in [6.45, 7) is 6.06.